The van der Waals surface area contributed by atoms with E-state index >= 15 is 0 Å². The predicted octanol–water partition coefficient (Wildman–Crippen LogP) is 3.70. The fourth-order valence-electron chi connectivity index (χ4n) is 1.94. The number of rotatable bonds is 7. The minimum absolute atomic E-state index is 0.199. The highest BCUT2D eigenvalue weighted by molar-refractivity contribution is 5.20. The SMILES string of the molecule is C=CC(C)(CNCCC)Cc1cc(F)cc(F)c1. The molecule has 1 aromatic rings. The molecule has 0 fully saturated rings. The van der Waals surface area contributed by atoms with Gasteiger partial charge in [0.05, 0.1) is 0 Å². The summed E-state index contributed by atoms with van der Waals surface area (Å²) in [5.41, 5.74) is 0.461. The lowest BCUT2D eigenvalue weighted by Crippen LogP contribution is -2.32. The van der Waals surface area contributed by atoms with Crippen molar-refractivity contribution in [3.8, 4) is 0 Å². The lowest BCUT2D eigenvalue weighted by Gasteiger charge is -2.26. The maximum Gasteiger partial charge on any atom is 0.126 e. The van der Waals surface area contributed by atoms with Crippen LogP contribution in [0.3, 0.4) is 0 Å². The van der Waals surface area contributed by atoms with Gasteiger partial charge in [-0.1, -0.05) is 19.9 Å². The number of nitrogens with one attached hydrogen (secondary N) is 1. The summed E-state index contributed by atoms with van der Waals surface area (Å²) in [4.78, 5) is 0. The highest BCUT2D eigenvalue weighted by Gasteiger charge is 2.21. The Morgan fingerprint density at radius 3 is 2.39 bits per heavy atom. The molecule has 0 aromatic heterocycles. The molecule has 3 heteroatoms. The van der Waals surface area contributed by atoms with E-state index in [1.807, 2.05) is 13.0 Å². The molecular formula is C15H21F2N. The Balaban J connectivity index is 2.74. The van der Waals surface area contributed by atoms with Crippen molar-refractivity contribution in [1.29, 1.82) is 0 Å². The average Bonchev–Trinajstić information content (AvgIpc) is 2.28. The molecule has 1 rings (SSSR count). The predicted molar refractivity (Wildman–Crippen MR) is 71.5 cm³/mol. The van der Waals surface area contributed by atoms with Crippen LogP contribution in [0.25, 0.3) is 0 Å². The average molecular weight is 253 g/mol. The van der Waals surface area contributed by atoms with E-state index < -0.39 is 11.6 Å². The summed E-state index contributed by atoms with van der Waals surface area (Å²) in [6.45, 7) is 9.64. The number of hydrogen-bond donors (Lipinski definition) is 1. The van der Waals surface area contributed by atoms with Crippen molar-refractivity contribution >= 4 is 0 Å². The van der Waals surface area contributed by atoms with Crippen molar-refractivity contribution in [2.75, 3.05) is 13.1 Å². The van der Waals surface area contributed by atoms with Gasteiger partial charge in [-0.05, 0) is 37.1 Å². The Morgan fingerprint density at radius 2 is 1.89 bits per heavy atom. The van der Waals surface area contributed by atoms with Crippen LogP contribution in [0, 0.1) is 17.0 Å². The van der Waals surface area contributed by atoms with Crippen LogP contribution in [0.1, 0.15) is 25.8 Å². The number of halogens is 2. The van der Waals surface area contributed by atoms with Crippen LogP contribution in [0.15, 0.2) is 30.9 Å². The molecule has 0 saturated carbocycles. The van der Waals surface area contributed by atoms with Gasteiger partial charge in [-0.15, -0.1) is 6.58 Å². The molecule has 0 aliphatic carbocycles. The molecule has 0 spiro atoms. The van der Waals surface area contributed by atoms with E-state index in [1.54, 1.807) is 0 Å². The van der Waals surface area contributed by atoms with E-state index in [2.05, 4.69) is 18.8 Å². The normalized spacial score (nSPS) is 14.2. The molecule has 0 bridgehead atoms. The second-order valence-corrected chi connectivity index (χ2v) is 4.99. The van der Waals surface area contributed by atoms with Crippen LogP contribution in [0.4, 0.5) is 8.78 Å². The standard InChI is InChI=1S/C15H21F2N/c1-4-6-18-11-15(3,5-2)10-12-7-13(16)9-14(17)8-12/h5,7-9,18H,2,4,6,10-11H2,1,3H3. The topological polar surface area (TPSA) is 12.0 Å². The van der Waals surface area contributed by atoms with Crippen molar-refractivity contribution in [3.63, 3.8) is 0 Å². The zero-order valence-corrected chi connectivity index (χ0v) is 11.1. The van der Waals surface area contributed by atoms with Crippen LogP contribution >= 0.6 is 0 Å². The Bertz CT molecular complexity index is 383. The summed E-state index contributed by atoms with van der Waals surface area (Å²) in [7, 11) is 0. The van der Waals surface area contributed by atoms with Crippen molar-refractivity contribution in [1.82, 2.24) is 5.32 Å². The Morgan fingerprint density at radius 1 is 1.28 bits per heavy atom. The van der Waals surface area contributed by atoms with Gasteiger partial charge in [0.15, 0.2) is 0 Å². The largest absolute Gasteiger partial charge is 0.316 e. The summed E-state index contributed by atoms with van der Waals surface area (Å²) in [6, 6.07) is 3.65. The molecule has 1 aromatic carbocycles. The van der Waals surface area contributed by atoms with Crippen LogP contribution in [0.2, 0.25) is 0 Å². The Kier molecular flexibility index (Phi) is 5.48. The Hall–Kier alpha value is -1.22. The third-order valence-electron chi connectivity index (χ3n) is 2.98. The second kappa shape index (κ2) is 6.64. The van der Waals surface area contributed by atoms with Crippen LogP contribution in [-0.4, -0.2) is 13.1 Å². The molecule has 1 unspecified atom stereocenters. The highest BCUT2D eigenvalue weighted by atomic mass is 19.1. The smallest absolute Gasteiger partial charge is 0.126 e. The summed E-state index contributed by atoms with van der Waals surface area (Å²) in [5.74, 6) is -1.06. The quantitative estimate of drug-likeness (QED) is 0.577. The van der Waals surface area contributed by atoms with Gasteiger partial charge in [-0.2, -0.15) is 0 Å². The first kappa shape index (κ1) is 14.8. The van der Waals surface area contributed by atoms with Gasteiger partial charge < -0.3 is 5.32 Å². The zero-order valence-electron chi connectivity index (χ0n) is 11.1. The third-order valence-corrected chi connectivity index (χ3v) is 2.98. The maximum absolute atomic E-state index is 13.1. The molecule has 1 N–H and O–H groups in total. The second-order valence-electron chi connectivity index (χ2n) is 4.99. The lowest BCUT2D eigenvalue weighted by molar-refractivity contribution is 0.390. The third kappa shape index (κ3) is 4.57. The Labute approximate surface area is 108 Å². The molecule has 0 aliphatic rings. The number of benzene rings is 1. The van der Waals surface area contributed by atoms with Crippen LogP contribution < -0.4 is 5.32 Å². The zero-order chi connectivity index (χ0) is 13.6. The van der Waals surface area contributed by atoms with Crippen molar-refractivity contribution in [2.45, 2.75) is 26.7 Å². The molecule has 1 nitrogen and oxygen atoms in total. The lowest BCUT2D eigenvalue weighted by atomic mass is 9.83. The van der Waals surface area contributed by atoms with Gasteiger partial charge in [0.25, 0.3) is 0 Å². The molecule has 0 radical (unpaired) electrons. The van der Waals surface area contributed by atoms with Crippen molar-refractivity contribution < 1.29 is 8.78 Å². The van der Waals surface area contributed by atoms with Crippen molar-refractivity contribution in [2.24, 2.45) is 5.41 Å². The molecule has 100 valence electrons. The number of hydrogen-bond acceptors (Lipinski definition) is 1. The van der Waals surface area contributed by atoms with E-state index in [0.717, 1.165) is 25.6 Å². The van der Waals surface area contributed by atoms with E-state index in [0.29, 0.717) is 12.0 Å². The first-order valence-corrected chi connectivity index (χ1v) is 6.28. The summed E-state index contributed by atoms with van der Waals surface area (Å²) in [5, 5.41) is 3.32. The van der Waals surface area contributed by atoms with Crippen molar-refractivity contribution in [3.05, 3.63) is 48.1 Å². The highest BCUT2D eigenvalue weighted by Crippen LogP contribution is 2.24. The van der Waals surface area contributed by atoms with Gasteiger partial charge in [0, 0.05) is 18.0 Å². The van der Waals surface area contributed by atoms with Gasteiger partial charge in [0.1, 0.15) is 11.6 Å². The summed E-state index contributed by atoms with van der Waals surface area (Å²) in [6.07, 6.45) is 3.47. The van der Waals surface area contributed by atoms with E-state index in [-0.39, 0.29) is 5.41 Å². The fourth-order valence-corrected chi connectivity index (χ4v) is 1.94. The molecule has 0 saturated heterocycles. The maximum atomic E-state index is 13.1. The fraction of sp³-hybridized carbons (Fsp3) is 0.467. The van der Waals surface area contributed by atoms with Gasteiger partial charge >= 0.3 is 0 Å². The molecule has 0 heterocycles. The molecular weight excluding hydrogens is 232 g/mol. The first-order valence-electron chi connectivity index (χ1n) is 6.28. The summed E-state index contributed by atoms with van der Waals surface area (Å²) < 4.78 is 26.3. The minimum Gasteiger partial charge on any atom is -0.316 e. The van der Waals surface area contributed by atoms with Crippen LogP contribution in [-0.2, 0) is 6.42 Å². The monoisotopic (exact) mass is 253 g/mol. The molecule has 0 aliphatic heterocycles. The van der Waals surface area contributed by atoms with E-state index in [1.165, 1.54) is 12.1 Å². The molecule has 0 amide bonds. The van der Waals surface area contributed by atoms with E-state index in [9.17, 15) is 8.78 Å². The van der Waals surface area contributed by atoms with Gasteiger partial charge in [-0.3, -0.25) is 0 Å². The molecule has 1 atom stereocenters. The molecule has 18 heavy (non-hydrogen) atoms. The van der Waals surface area contributed by atoms with Gasteiger partial charge in [-0.25, -0.2) is 8.78 Å². The minimum atomic E-state index is -0.530. The van der Waals surface area contributed by atoms with Crippen LogP contribution in [0.5, 0.6) is 0 Å². The first-order chi connectivity index (χ1) is 8.49. The van der Waals surface area contributed by atoms with Gasteiger partial charge in [0.2, 0.25) is 0 Å². The summed E-state index contributed by atoms with van der Waals surface area (Å²) >= 11 is 0. The van der Waals surface area contributed by atoms with E-state index in [4.69, 9.17) is 0 Å².